The van der Waals surface area contributed by atoms with Gasteiger partial charge in [-0.25, -0.2) is 4.39 Å². The highest BCUT2D eigenvalue weighted by atomic mass is 19.1. The van der Waals surface area contributed by atoms with E-state index in [0.29, 0.717) is 30.2 Å². The van der Waals surface area contributed by atoms with Crippen LogP contribution in [0.25, 0.3) is 0 Å². The van der Waals surface area contributed by atoms with Crippen LogP contribution in [0, 0.1) is 12.7 Å². The third kappa shape index (κ3) is 7.09. The Kier molecular flexibility index (Phi) is 8.29. The molecule has 0 aliphatic rings. The van der Waals surface area contributed by atoms with Crippen molar-refractivity contribution >= 4 is 11.9 Å². The number of halogens is 1. The van der Waals surface area contributed by atoms with Crippen molar-refractivity contribution in [3.8, 4) is 0 Å². The quantitative estimate of drug-likeness (QED) is 0.380. The van der Waals surface area contributed by atoms with E-state index in [0.717, 1.165) is 19.4 Å². The number of aliphatic imine (C=N–C) groups is 1. The number of carbonyl (C=O) groups is 1. The molecule has 2 aromatic rings. The van der Waals surface area contributed by atoms with Crippen molar-refractivity contribution in [2.24, 2.45) is 4.99 Å². The summed E-state index contributed by atoms with van der Waals surface area (Å²) in [6.45, 7) is 3.42. The van der Waals surface area contributed by atoms with Gasteiger partial charge in [-0.1, -0.05) is 36.4 Å². The maximum Gasteiger partial charge on any atom is 0.251 e. The Balaban J connectivity index is 1.62. The Morgan fingerprint density at radius 3 is 2.41 bits per heavy atom. The maximum absolute atomic E-state index is 13.5. The summed E-state index contributed by atoms with van der Waals surface area (Å²) in [4.78, 5) is 16.2. The molecule has 0 saturated carbocycles. The minimum Gasteiger partial charge on any atom is -0.356 e. The number of hydrogen-bond acceptors (Lipinski definition) is 2. The number of rotatable bonds is 8. The number of hydrogen-bond donors (Lipinski definition) is 3. The summed E-state index contributed by atoms with van der Waals surface area (Å²) < 4.78 is 13.5. The highest BCUT2D eigenvalue weighted by Crippen LogP contribution is 2.08. The van der Waals surface area contributed by atoms with E-state index in [1.165, 1.54) is 11.6 Å². The molecule has 0 spiro atoms. The monoisotopic (exact) mass is 370 g/mol. The van der Waals surface area contributed by atoms with Gasteiger partial charge in [0.15, 0.2) is 5.96 Å². The Bertz CT molecular complexity index is 762. The van der Waals surface area contributed by atoms with E-state index >= 15 is 0 Å². The Labute approximate surface area is 160 Å². The molecule has 0 unspecified atom stereocenters. The van der Waals surface area contributed by atoms with Crippen molar-refractivity contribution in [2.75, 3.05) is 26.7 Å². The number of nitrogens with zero attached hydrogens (tertiary/aromatic N) is 1. The molecule has 1 amide bonds. The van der Waals surface area contributed by atoms with Crippen molar-refractivity contribution in [3.63, 3.8) is 0 Å². The number of amides is 1. The summed E-state index contributed by atoms with van der Waals surface area (Å²) >= 11 is 0. The third-order valence-electron chi connectivity index (χ3n) is 4.14. The molecule has 3 N–H and O–H groups in total. The summed E-state index contributed by atoms with van der Waals surface area (Å²) in [6.07, 6.45) is 2.01. The first-order chi connectivity index (χ1) is 13.1. The first kappa shape index (κ1) is 20.4. The van der Waals surface area contributed by atoms with E-state index in [4.69, 9.17) is 0 Å². The van der Waals surface area contributed by atoms with Crippen LogP contribution < -0.4 is 16.0 Å². The van der Waals surface area contributed by atoms with E-state index in [2.05, 4.69) is 33.1 Å². The standard InChI is InChI=1S/C21H27FN4O/c1-16-10-11-18(15-19(16)22)20(27)24-13-14-26-21(23-2)25-12-6-9-17-7-4-3-5-8-17/h3-5,7-8,10-11,15H,6,9,12-14H2,1-2H3,(H,24,27)(H2,23,25,26). The smallest absolute Gasteiger partial charge is 0.251 e. The van der Waals surface area contributed by atoms with Crippen molar-refractivity contribution in [1.29, 1.82) is 0 Å². The van der Waals surface area contributed by atoms with Gasteiger partial charge in [0, 0.05) is 32.2 Å². The molecule has 27 heavy (non-hydrogen) atoms. The lowest BCUT2D eigenvalue weighted by molar-refractivity contribution is 0.0954. The van der Waals surface area contributed by atoms with Gasteiger partial charge in [-0.3, -0.25) is 9.79 Å². The van der Waals surface area contributed by atoms with Gasteiger partial charge in [0.05, 0.1) is 0 Å². The lowest BCUT2D eigenvalue weighted by Crippen LogP contribution is -2.41. The molecule has 2 aromatic carbocycles. The molecule has 144 valence electrons. The number of carbonyl (C=O) groups excluding carboxylic acids is 1. The van der Waals surface area contributed by atoms with Crippen molar-refractivity contribution in [3.05, 3.63) is 71.0 Å². The van der Waals surface area contributed by atoms with Crippen LogP contribution in [-0.2, 0) is 6.42 Å². The van der Waals surface area contributed by atoms with Crippen LogP contribution in [-0.4, -0.2) is 38.5 Å². The van der Waals surface area contributed by atoms with Gasteiger partial charge >= 0.3 is 0 Å². The van der Waals surface area contributed by atoms with Gasteiger partial charge in [0.25, 0.3) is 5.91 Å². The zero-order valence-corrected chi connectivity index (χ0v) is 15.9. The van der Waals surface area contributed by atoms with Crippen LogP contribution in [0.4, 0.5) is 4.39 Å². The molecule has 0 heterocycles. The predicted molar refractivity (Wildman–Crippen MR) is 108 cm³/mol. The normalized spacial score (nSPS) is 11.1. The molecular formula is C21H27FN4O. The second-order valence-electron chi connectivity index (χ2n) is 6.23. The van der Waals surface area contributed by atoms with Gasteiger partial charge < -0.3 is 16.0 Å². The summed E-state index contributed by atoms with van der Waals surface area (Å²) in [5.74, 6) is 0.0288. The molecule has 0 aliphatic carbocycles. The van der Waals surface area contributed by atoms with E-state index in [1.54, 1.807) is 26.1 Å². The zero-order chi connectivity index (χ0) is 19.5. The molecule has 2 rings (SSSR count). The van der Waals surface area contributed by atoms with Gasteiger partial charge in [-0.15, -0.1) is 0 Å². The topological polar surface area (TPSA) is 65.5 Å². The molecule has 0 aliphatic heterocycles. The highest BCUT2D eigenvalue weighted by molar-refractivity contribution is 5.94. The lowest BCUT2D eigenvalue weighted by Gasteiger charge is -2.12. The molecule has 6 heteroatoms. The van der Waals surface area contributed by atoms with Crippen LogP contribution in [0.2, 0.25) is 0 Å². The number of nitrogens with one attached hydrogen (secondary N) is 3. The van der Waals surface area contributed by atoms with Crippen LogP contribution >= 0.6 is 0 Å². The average molecular weight is 370 g/mol. The first-order valence-electron chi connectivity index (χ1n) is 9.13. The first-order valence-corrected chi connectivity index (χ1v) is 9.13. The summed E-state index contributed by atoms with van der Waals surface area (Å²) in [5, 5.41) is 9.16. The van der Waals surface area contributed by atoms with Crippen molar-refractivity contribution < 1.29 is 9.18 Å². The summed E-state index contributed by atoms with van der Waals surface area (Å²) in [7, 11) is 1.71. The van der Waals surface area contributed by atoms with Gasteiger partial charge in [0.1, 0.15) is 5.82 Å². The maximum atomic E-state index is 13.5. The predicted octanol–water partition coefficient (Wildman–Crippen LogP) is 2.66. The fourth-order valence-electron chi connectivity index (χ4n) is 2.56. The molecule has 0 atom stereocenters. The lowest BCUT2D eigenvalue weighted by atomic mass is 10.1. The summed E-state index contributed by atoms with van der Waals surface area (Å²) in [5.41, 5.74) is 2.16. The van der Waals surface area contributed by atoms with E-state index in [1.807, 2.05) is 18.2 Å². The molecule has 5 nitrogen and oxygen atoms in total. The van der Waals surface area contributed by atoms with Gasteiger partial charge in [-0.05, 0) is 43.0 Å². The highest BCUT2D eigenvalue weighted by Gasteiger charge is 2.07. The largest absolute Gasteiger partial charge is 0.356 e. The SMILES string of the molecule is CN=C(NCCCc1ccccc1)NCCNC(=O)c1ccc(C)c(F)c1. The van der Waals surface area contributed by atoms with E-state index in [-0.39, 0.29) is 11.7 Å². The van der Waals surface area contributed by atoms with E-state index < -0.39 is 0 Å². The second-order valence-corrected chi connectivity index (χ2v) is 6.23. The van der Waals surface area contributed by atoms with Crippen LogP contribution in [0.5, 0.6) is 0 Å². The molecule has 0 bridgehead atoms. The fraction of sp³-hybridized carbons (Fsp3) is 0.333. The van der Waals surface area contributed by atoms with E-state index in [9.17, 15) is 9.18 Å². The second kappa shape index (κ2) is 11.0. The van der Waals surface area contributed by atoms with Crippen molar-refractivity contribution in [1.82, 2.24) is 16.0 Å². The number of aryl methyl sites for hydroxylation is 2. The molecule has 0 radical (unpaired) electrons. The average Bonchev–Trinajstić information content (AvgIpc) is 2.69. The Morgan fingerprint density at radius 1 is 1.00 bits per heavy atom. The molecule has 0 fully saturated rings. The third-order valence-corrected chi connectivity index (χ3v) is 4.14. The zero-order valence-electron chi connectivity index (χ0n) is 15.9. The van der Waals surface area contributed by atoms with Crippen molar-refractivity contribution in [2.45, 2.75) is 19.8 Å². The Morgan fingerprint density at radius 2 is 1.70 bits per heavy atom. The minimum atomic E-state index is -0.374. The van der Waals surface area contributed by atoms with Gasteiger partial charge in [-0.2, -0.15) is 0 Å². The van der Waals surface area contributed by atoms with Crippen LogP contribution in [0.1, 0.15) is 27.9 Å². The molecular weight excluding hydrogens is 343 g/mol. The van der Waals surface area contributed by atoms with Gasteiger partial charge in [0.2, 0.25) is 0 Å². The molecule has 0 saturated heterocycles. The van der Waals surface area contributed by atoms with Crippen LogP contribution in [0.15, 0.2) is 53.5 Å². The fourth-order valence-corrected chi connectivity index (χ4v) is 2.56. The van der Waals surface area contributed by atoms with Crippen LogP contribution in [0.3, 0.4) is 0 Å². The number of guanidine groups is 1. The minimum absolute atomic E-state index is 0.290. The molecule has 0 aromatic heterocycles. The summed E-state index contributed by atoms with van der Waals surface area (Å²) in [6, 6.07) is 14.8. The Hall–Kier alpha value is -2.89. The number of benzene rings is 2.